The standard InChI is InChI=1S/C19H30BrNO3.C19H31NO3/c1-18(2,3)11-12-9-13(10-12)17-16(20)14(21-24-17)7-8-15(22)23-19(4,5)6;1-18(2,3)12-13-9-14(10-13)16-11-15(20-23-16)7-8-17(21)22-19(4,5)6/h12-13H,7-11H2,1-6H3;11,13-14H,7-10,12H2,1-6H3. The number of carbonyl (C=O) groups is 2. The van der Waals surface area contributed by atoms with Gasteiger partial charge in [-0.3, -0.25) is 9.59 Å². The average Bonchev–Trinajstić information content (AvgIpc) is 3.44. The van der Waals surface area contributed by atoms with E-state index in [9.17, 15) is 9.59 Å². The maximum absolute atomic E-state index is 11.8. The Balaban J connectivity index is 0.000000256. The lowest BCUT2D eigenvalue weighted by Crippen LogP contribution is -2.26. The van der Waals surface area contributed by atoms with E-state index in [0.717, 1.165) is 52.1 Å². The molecule has 2 aliphatic rings. The van der Waals surface area contributed by atoms with Crippen LogP contribution in [0.4, 0.5) is 0 Å². The molecule has 0 radical (unpaired) electrons. The van der Waals surface area contributed by atoms with Gasteiger partial charge in [-0.15, -0.1) is 0 Å². The third-order valence-electron chi connectivity index (χ3n) is 8.34. The maximum Gasteiger partial charge on any atom is 0.306 e. The molecule has 0 bridgehead atoms. The van der Waals surface area contributed by atoms with Crippen LogP contribution in [0.5, 0.6) is 0 Å². The van der Waals surface area contributed by atoms with E-state index >= 15 is 0 Å². The number of nitrogens with zero attached hydrogens (tertiary/aromatic N) is 2. The Bertz CT molecular complexity index is 1310. The summed E-state index contributed by atoms with van der Waals surface area (Å²) in [4.78, 5) is 23.6. The summed E-state index contributed by atoms with van der Waals surface area (Å²) in [6.45, 7) is 25.0. The highest BCUT2D eigenvalue weighted by atomic mass is 79.9. The van der Waals surface area contributed by atoms with Gasteiger partial charge in [0.2, 0.25) is 0 Å². The molecule has 0 aromatic carbocycles. The lowest BCUT2D eigenvalue weighted by molar-refractivity contribution is -0.155. The second-order valence-corrected chi connectivity index (χ2v) is 19.1. The molecule has 0 atom stereocenters. The van der Waals surface area contributed by atoms with Crippen molar-refractivity contribution in [2.24, 2.45) is 22.7 Å². The van der Waals surface area contributed by atoms with E-state index in [4.69, 9.17) is 18.5 Å². The lowest BCUT2D eigenvalue weighted by atomic mass is 9.67. The number of halogens is 1. The van der Waals surface area contributed by atoms with Gasteiger partial charge in [-0.1, -0.05) is 51.9 Å². The Labute approximate surface area is 292 Å². The molecule has 0 unspecified atom stereocenters. The minimum Gasteiger partial charge on any atom is -0.460 e. The minimum absolute atomic E-state index is 0.184. The van der Waals surface area contributed by atoms with E-state index in [0.29, 0.717) is 48.3 Å². The molecule has 2 fully saturated rings. The van der Waals surface area contributed by atoms with E-state index in [1.807, 2.05) is 47.6 Å². The van der Waals surface area contributed by atoms with Crippen molar-refractivity contribution in [3.8, 4) is 0 Å². The highest BCUT2D eigenvalue weighted by Gasteiger charge is 2.37. The number of aryl methyl sites for hydroxylation is 2. The van der Waals surface area contributed by atoms with Crippen LogP contribution >= 0.6 is 15.9 Å². The van der Waals surface area contributed by atoms with Crippen LogP contribution in [0, 0.1) is 22.7 Å². The Hall–Kier alpha value is -2.16. The van der Waals surface area contributed by atoms with Crippen molar-refractivity contribution >= 4 is 27.9 Å². The van der Waals surface area contributed by atoms with Crippen molar-refractivity contribution in [3.05, 3.63) is 33.4 Å². The first-order valence-corrected chi connectivity index (χ1v) is 18.3. The number of aromatic nitrogens is 2. The summed E-state index contributed by atoms with van der Waals surface area (Å²) >= 11 is 3.61. The molecule has 0 amide bonds. The molecule has 2 aliphatic carbocycles. The first kappa shape index (κ1) is 39.3. The molecule has 47 heavy (non-hydrogen) atoms. The van der Waals surface area contributed by atoms with Crippen LogP contribution in [-0.4, -0.2) is 33.5 Å². The summed E-state index contributed by atoms with van der Waals surface area (Å²) in [5, 5.41) is 8.26. The van der Waals surface area contributed by atoms with Crippen molar-refractivity contribution < 1.29 is 28.1 Å². The summed E-state index contributed by atoms with van der Waals surface area (Å²) in [5.74, 6) is 4.07. The molecule has 0 N–H and O–H groups in total. The van der Waals surface area contributed by atoms with Gasteiger partial charge in [-0.25, -0.2) is 0 Å². The Morgan fingerprint density at radius 3 is 1.66 bits per heavy atom. The lowest BCUT2D eigenvalue weighted by Gasteiger charge is -2.37. The molecule has 2 heterocycles. The second kappa shape index (κ2) is 15.6. The van der Waals surface area contributed by atoms with E-state index in [1.54, 1.807) is 0 Å². The van der Waals surface area contributed by atoms with Gasteiger partial charge < -0.3 is 18.5 Å². The molecule has 9 heteroatoms. The molecule has 2 aromatic heterocycles. The summed E-state index contributed by atoms with van der Waals surface area (Å²) in [6, 6.07) is 2.02. The molecule has 2 saturated carbocycles. The number of ether oxygens (including phenoxy) is 2. The van der Waals surface area contributed by atoms with E-state index in [-0.39, 0.29) is 11.9 Å². The van der Waals surface area contributed by atoms with Crippen LogP contribution < -0.4 is 0 Å². The predicted octanol–water partition coefficient (Wildman–Crippen LogP) is 10.5. The zero-order chi connectivity index (χ0) is 35.4. The molecule has 2 aromatic rings. The fraction of sp³-hybridized carbons (Fsp3) is 0.789. The molecule has 0 spiro atoms. The number of carbonyl (C=O) groups excluding carboxylic acids is 2. The van der Waals surface area contributed by atoms with Gasteiger partial charge in [0.1, 0.15) is 17.0 Å². The van der Waals surface area contributed by atoms with Gasteiger partial charge in [0.05, 0.1) is 28.7 Å². The fourth-order valence-corrected chi connectivity index (χ4v) is 7.26. The van der Waals surface area contributed by atoms with Crippen LogP contribution in [-0.2, 0) is 31.9 Å². The van der Waals surface area contributed by atoms with E-state index in [2.05, 4.69) is 67.8 Å². The van der Waals surface area contributed by atoms with Crippen LogP contribution in [0.3, 0.4) is 0 Å². The number of hydrogen-bond acceptors (Lipinski definition) is 8. The van der Waals surface area contributed by atoms with Crippen LogP contribution in [0.15, 0.2) is 19.6 Å². The monoisotopic (exact) mass is 720 g/mol. The number of rotatable bonds is 10. The third kappa shape index (κ3) is 14.1. The van der Waals surface area contributed by atoms with Crippen LogP contribution in [0.2, 0.25) is 0 Å². The number of esters is 2. The summed E-state index contributed by atoms with van der Waals surface area (Å²) in [7, 11) is 0. The summed E-state index contributed by atoms with van der Waals surface area (Å²) in [5.41, 5.74) is 1.57. The third-order valence-corrected chi connectivity index (χ3v) is 9.19. The molecule has 8 nitrogen and oxygen atoms in total. The van der Waals surface area contributed by atoms with E-state index < -0.39 is 11.2 Å². The van der Waals surface area contributed by atoms with Gasteiger partial charge in [0.15, 0.2) is 5.76 Å². The smallest absolute Gasteiger partial charge is 0.306 e. The van der Waals surface area contributed by atoms with Crippen LogP contribution in [0.25, 0.3) is 0 Å². The molecular weight excluding hydrogens is 660 g/mol. The first-order valence-electron chi connectivity index (χ1n) is 17.5. The van der Waals surface area contributed by atoms with Crippen molar-refractivity contribution in [2.75, 3.05) is 0 Å². The molecule has 266 valence electrons. The normalized spacial score (nSPS) is 21.6. The SMILES string of the molecule is CC(C)(C)CC1CC(c2cc(CCC(=O)OC(C)(C)C)no2)C1.CC(C)(C)CC1CC(c2onc(CCC(=O)OC(C)(C)C)c2Br)C1. The Kier molecular flexibility index (Phi) is 13.0. The minimum atomic E-state index is -0.447. The van der Waals surface area contributed by atoms with Crippen molar-refractivity contribution in [1.82, 2.24) is 10.3 Å². The van der Waals surface area contributed by atoms with Gasteiger partial charge in [0.25, 0.3) is 0 Å². The second-order valence-electron chi connectivity index (χ2n) is 18.3. The Morgan fingerprint density at radius 1 is 0.723 bits per heavy atom. The average molecular weight is 722 g/mol. The van der Waals surface area contributed by atoms with Crippen molar-refractivity contribution in [3.63, 3.8) is 0 Å². The van der Waals surface area contributed by atoms with Crippen molar-refractivity contribution in [2.45, 2.75) is 170 Å². The molecule has 0 saturated heterocycles. The largest absolute Gasteiger partial charge is 0.460 e. The van der Waals surface area contributed by atoms with Gasteiger partial charge in [-0.2, -0.15) is 0 Å². The summed E-state index contributed by atoms with van der Waals surface area (Å²) in [6.07, 6.45) is 9.01. The molecular formula is C38H61BrN2O6. The Morgan fingerprint density at radius 2 is 1.19 bits per heavy atom. The topological polar surface area (TPSA) is 105 Å². The predicted molar refractivity (Wildman–Crippen MR) is 188 cm³/mol. The highest BCUT2D eigenvalue weighted by molar-refractivity contribution is 9.10. The van der Waals surface area contributed by atoms with Crippen LogP contribution in [0.1, 0.15) is 169 Å². The van der Waals surface area contributed by atoms with E-state index in [1.165, 1.54) is 25.7 Å². The molecule has 4 rings (SSSR count). The van der Waals surface area contributed by atoms with Gasteiger partial charge in [0, 0.05) is 30.7 Å². The summed E-state index contributed by atoms with van der Waals surface area (Å²) < 4.78 is 22.6. The number of hydrogen-bond donors (Lipinski definition) is 0. The van der Waals surface area contributed by atoms with Gasteiger partial charge in [-0.05, 0) is 119 Å². The first-order chi connectivity index (χ1) is 21.5. The quantitative estimate of drug-likeness (QED) is 0.223. The zero-order valence-corrected chi connectivity index (χ0v) is 32.8. The maximum atomic E-state index is 11.8. The van der Waals surface area contributed by atoms with Crippen molar-refractivity contribution in [1.29, 1.82) is 0 Å². The highest BCUT2D eigenvalue weighted by Crippen LogP contribution is 2.49. The molecule has 0 aliphatic heterocycles. The fourth-order valence-electron chi connectivity index (χ4n) is 6.59. The zero-order valence-electron chi connectivity index (χ0n) is 31.2. The van der Waals surface area contributed by atoms with Gasteiger partial charge >= 0.3 is 11.9 Å².